The van der Waals surface area contributed by atoms with Crippen molar-refractivity contribution in [3.63, 3.8) is 0 Å². The molecule has 0 saturated carbocycles. The minimum atomic E-state index is -0.524. The number of primary amides is 1. The van der Waals surface area contributed by atoms with Crippen molar-refractivity contribution < 1.29 is 9.59 Å². The Hall–Kier alpha value is -1.88. The SMILES string of the molecule is NC(=O)c1cccc(C(=O)N[C@H]2CCCNC2)c1. The Morgan fingerprint density at radius 2 is 2.11 bits per heavy atom. The van der Waals surface area contributed by atoms with Crippen LogP contribution in [-0.4, -0.2) is 30.9 Å². The van der Waals surface area contributed by atoms with Gasteiger partial charge in [-0.15, -0.1) is 0 Å². The molecule has 0 radical (unpaired) electrons. The van der Waals surface area contributed by atoms with Crippen LogP contribution in [0.15, 0.2) is 24.3 Å². The van der Waals surface area contributed by atoms with Gasteiger partial charge in [-0.1, -0.05) is 6.07 Å². The number of carbonyl (C=O) groups excluding carboxylic acids is 2. The predicted molar refractivity (Wildman–Crippen MR) is 68.3 cm³/mol. The first kappa shape index (κ1) is 12.6. The van der Waals surface area contributed by atoms with Gasteiger partial charge < -0.3 is 16.4 Å². The molecule has 1 atom stereocenters. The molecule has 2 rings (SSSR count). The fraction of sp³-hybridized carbons (Fsp3) is 0.385. The van der Waals surface area contributed by atoms with E-state index in [2.05, 4.69) is 10.6 Å². The Morgan fingerprint density at radius 3 is 2.78 bits per heavy atom. The van der Waals surface area contributed by atoms with E-state index in [-0.39, 0.29) is 11.9 Å². The second-order valence-electron chi connectivity index (χ2n) is 4.46. The van der Waals surface area contributed by atoms with Crippen molar-refractivity contribution in [3.05, 3.63) is 35.4 Å². The summed E-state index contributed by atoms with van der Waals surface area (Å²) < 4.78 is 0. The van der Waals surface area contributed by atoms with Crippen LogP contribution in [0.2, 0.25) is 0 Å². The van der Waals surface area contributed by atoms with E-state index in [1.807, 2.05) is 0 Å². The monoisotopic (exact) mass is 247 g/mol. The van der Waals surface area contributed by atoms with E-state index in [1.54, 1.807) is 18.2 Å². The van der Waals surface area contributed by atoms with Crippen LogP contribution < -0.4 is 16.4 Å². The molecular formula is C13H17N3O2. The highest BCUT2D eigenvalue weighted by atomic mass is 16.2. The van der Waals surface area contributed by atoms with E-state index in [4.69, 9.17) is 5.73 Å². The van der Waals surface area contributed by atoms with Gasteiger partial charge in [0.15, 0.2) is 0 Å². The second-order valence-corrected chi connectivity index (χ2v) is 4.46. The van der Waals surface area contributed by atoms with Crippen molar-refractivity contribution in [2.24, 2.45) is 5.73 Å². The summed E-state index contributed by atoms with van der Waals surface area (Å²) in [4.78, 5) is 23.0. The maximum absolute atomic E-state index is 12.0. The van der Waals surface area contributed by atoms with Gasteiger partial charge in [0, 0.05) is 23.7 Å². The summed E-state index contributed by atoms with van der Waals surface area (Å²) >= 11 is 0. The molecule has 2 amide bonds. The lowest BCUT2D eigenvalue weighted by Crippen LogP contribution is -2.45. The van der Waals surface area contributed by atoms with Crippen LogP contribution in [0, 0.1) is 0 Å². The van der Waals surface area contributed by atoms with Crippen LogP contribution in [0.4, 0.5) is 0 Å². The van der Waals surface area contributed by atoms with Gasteiger partial charge in [-0.3, -0.25) is 9.59 Å². The van der Waals surface area contributed by atoms with Crippen LogP contribution in [0.3, 0.4) is 0 Å². The molecule has 1 aliphatic rings. The molecule has 1 aliphatic heterocycles. The average Bonchev–Trinajstić information content (AvgIpc) is 2.40. The largest absolute Gasteiger partial charge is 0.366 e. The highest BCUT2D eigenvalue weighted by Crippen LogP contribution is 2.07. The van der Waals surface area contributed by atoms with E-state index in [9.17, 15) is 9.59 Å². The van der Waals surface area contributed by atoms with Gasteiger partial charge in [-0.05, 0) is 37.6 Å². The Balaban J connectivity index is 2.03. The molecule has 18 heavy (non-hydrogen) atoms. The second kappa shape index (κ2) is 5.64. The number of nitrogens with two attached hydrogens (primary N) is 1. The third-order valence-electron chi connectivity index (χ3n) is 3.04. The van der Waals surface area contributed by atoms with Crippen molar-refractivity contribution in [2.45, 2.75) is 18.9 Å². The third kappa shape index (κ3) is 3.07. The van der Waals surface area contributed by atoms with Crippen LogP contribution in [0.5, 0.6) is 0 Å². The number of benzene rings is 1. The van der Waals surface area contributed by atoms with Crippen molar-refractivity contribution in [3.8, 4) is 0 Å². The Bertz CT molecular complexity index is 453. The van der Waals surface area contributed by atoms with Gasteiger partial charge in [-0.2, -0.15) is 0 Å². The van der Waals surface area contributed by atoms with Gasteiger partial charge in [0.05, 0.1) is 0 Å². The standard InChI is InChI=1S/C13H17N3O2/c14-12(17)9-3-1-4-10(7-9)13(18)16-11-5-2-6-15-8-11/h1,3-4,7,11,15H,2,5-6,8H2,(H2,14,17)(H,16,18)/t11-/m0/s1. The first-order chi connectivity index (χ1) is 8.66. The molecule has 1 fully saturated rings. The number of carbonyl (C=O) groups is 2. The summed E-state index contributed by atoms with van der Waals surface area (Å²) in [6, 6.07) is 6.62. The molecule has 1 aromatic carbocycles. The van der Waals surface area contributed by atoms with E-state index < -0.39 is 5.91 Å². The van der Waals surface area contributed by atoms with E-state index in [0.717, 1.165) is 25.9 Å². The van der Waals surface area contributed by atoms with E-state index >= 15 is 0 Å². The summed E-state index contributed by atoms with van der Waals surface area (Å²) in [6.45, 7) is 1.80. The molecule has 1 aromatic rings. The molecule has 1 saturated heterocycles. The van der Waals surface area contributed by atoms with E-state index in [1.165, 1.54) is 6.07 Å². The molecule has 1 heterocycles. The number of piperidine rings is 1. The third-order valence-corrected chi connectivity index (χ3v) is 3.04. The van der Waals surface area contributed by atoms with Gasteiger partial charge in [0.1, 0.15) is 0 Å². The first-order valence-electron chi connectivity index (χ1n) is 6.08. The molecule has 4 N–H and O–H groups in total. The lowest BCUT2D eigenvalue weighted by atomic mass is 10.1. The lowest BCUT2D eigenvalue weighted by molar-refractivity contribution is 0.0930. The minimum Gasteiger partial charge on any atom is -0.366 e. The van der Waals surface area contributed by atoms with Crippen LogP contribution in [-0.2, 0) is 0 Å². The summed E-state index contributed by atoms with van der Waals surface area (Å²) in [5.41, 5.74) is 6.01. The number of hydrogen-bond acceptors (Lipinski definition) is 3. The number of rotatable bonds is 3. The maximum atomic E-state index is 12.0. The van der Waals surface area contributed by atoms with Crippen molar-refractivity contribution in [1.82, 2.24) is 10.6 Å². The Labute approximate surface area is 106 Å². The fourth-order valence-electron chi connectivity index (χ4n) is 2.06. The molecular weight excluding hydrogens is 230 g/mol. The highest BCUT2D eigenvalue weighted by Gasteiger charge is 2.16. The molecule has 5 heteroatoms. The lowest BCUT2D eigenvalue weighted by Gasteiger charge is -2.23. The molecule has 0 spiro atoms. The molecule has 0 aromatic heterocycles. The topological polar surface area (TPSA) is 84.2 Å². The molecule has 96 valence electrons. The molecule has 0 bridgehead atoms. The zero-order chi connectivity index (χ0) is 13.0. The van der Waals surface area contributed by atoms with Crippen LogP contribution in [0.1, 0.15) is 33.6 Å². The van der Waals surface area contributed by atoms with Crippen LogP contribution in [0.25, 0.3) is 0 Å². The number of nitrogens with one attached hydrogen (secondary N) is 2. The highest BCUT2D eigenvalue weighted by molar-refractivity contribution is 5.99. The summed E-state index contributed by atoms with van der Waals surface area (Å²) in [6.07, 6.45) is 2.04. The summed E-state index contributed by atoms with van der Waals surface area (Å²) in [5.74, 6) is -0.684. The van der Waals surface area contributed by atoms with Crippen LogP contribution >= 0.6 is 0 Å². The first-order valence-corrected chi connectivity index (χ1v) is 6.08. The Morgan fingerprint density at radius 1 is 1.33 bits per heavy atom. The fourth-order valence-corrected chi connectivity index (χ4v) is 2.06. The van der Waals surface area contributed by atoms with Gasteiger partial charge in [0.25, 0.3) is 5.91 Å². The predicted octanol–water partition coefficient (Wildman–Crippen LogP) is 0.267. The normalized spacial score (nSPS) is 19.2. The minimum absolute atomic E-state index is 0.156. The average molecular weight is 247 g/mol. The molecule has 0 unspecified atom stereocenters. The van der Waals surface area contributed by atoms with Gasteiger partial charge in [0.2, 0.25) is 5.91 Å². The van der Waals surface area contributed by atoms with Crippen molar-refractivity contribution >= 4 is 11.8 Å². The van der Waals surface area contributed by atoms with E-state index in [0.29, 0.717) is 11.1 Å². The smallest absolute Gasteiger partial charge is 0.251 e. The van der Waals surface area contributed by atoms with Crippen molar-refractivity contribution in [2.75, 3.05) is 13.1 Å². The Kier molecular flexibility index (Phi) is 3.94. The van der Waals surface area contributed by atoms with Crippen molar-refractivity contribution in [1.29, 1.82) is 0 Å². The quantitative estimate of drug-likeness (QED) is 0.716. The number of hydrogen-bond donors (Lipinski definition) is 3. The number of amides is 2. The molecule has 0 aliphatic carbocycles. The summed E-state index contributed by atoms with van der Waals surface area (Å²) in [7, 11) is 0. The zero-order valence-corrected chi connectivity index (χ0v) is 10.1. The maximum Gasteiger partial charge on any atom is 0.251 e. The zero-order valence-electron chi connectivity index (χ0n) is 10.1. The van der Waals surface area contributed by atoms with Gasteiger partial charge in [-0.25, -0.2) is 0 Å². The van der Waals surface area contributed by atoms with Gasteiger partial charge >= 0.3 is 0 Å². The summed E-state index contributed by atoms with van der Waals surface area (Å²) in [5, 5.41) is 6.18. The molecule has 5 nitrogen and oxygen atoms in total.